The Balaban J connectivity index is 2.38. The van der Waals surface area contributed by atoms with Crippen molar-refractivity contribution in [3.05, 3.63) is 28.2 Å². The molecule has 0 bridgehead atoms. The zero-order valence-electron chi connectivity index (χ0n) is 10.6. The van der Waals surface area contributed by atoms with Crippen LogP contribution in [0.4, 0.5) is 5.69 Å². The van der Waals surface area contributed by atoms with E-state index >= 15 is 0 Å². The van der Waals surface area contributed by atoms with Crippen LogP contribution in [0.5, 0.6) is 0 Å². The van der Waals surface area contributed by atoms with Crippen LogP contribution in [0.2, 0.25) is 0 Å². The van der Waals surface area contributed by atoms with E-state index < -0.39 is 11.9 Å². The van der Waals surface area contributed by atoms with Crippen molar-refractivity contribution in [3.8, 4) is 0 Å². The van der Waals surface area contributed by atoms with Crippen LogP contribution in [-0.4, -0.2) is 17.6 Å². The smallest absolute Gasteiger partial charge is 0.311 e. The first kappa shape index (κ1) is 13.4. The highest BCUT2D eigenvalue weighted by Crippen LogP contribution is 2.39. The Morgan fingerprint density at radius 2 is 2.28 bits per heavy atom. The Morgan fingerprint density at radius 1 is 1.56 bits per heavy atom. The first-order valence-electron chi connectivity index (χ1n) is 6.25. The van der Waals surface area contributed by atoms with Crippen LogP contribution in [0.25, 0.3) is 0 Å². The lowest BCUT2D eigenvalue weighted by Gasteiger charge is -2.33. The molecule has 0 saturated heterocycles. The zero-order valence-corrected chi connectivity index (χ0v) is 12.2. The van der Waals surface area contributed by atoms with Gasteiger partial charge in [0.2, 0.25) is 0 Å². The summed E-state index contributed by atoms with van der Waals surface area (Å²) in [5, 5.41) is 12.9. The van der Waals surface area contributed by atoms with Gasteiger partial charge in [-0.3, -0.25) is 4.79 Å². The average molecular weight is 312 g/mol. The summed E-state index contributed by atoms with van der Waals surface area (Å²) in [4.78, 5) is 11.6. The summed E-state index contributed by atoms with van der Waals surface area (Å²) in [5.41, 5.74) is 1.85. The number of carboxylic acids is 1. The SMILES string of the molecule is CC(C)CC1CNc2ccc(Br)cc2C1C(=O)O. The van der Waals surface area contributed by atoms with Gasteiger partial charge in [-0.2, -0.15) is 0 Å². The molecule has 98 valence electrons. The monoisotopic (exact) mass is 311 g/mol. The molecule has 1 aromatic carbocycles. The van der Waals surface area contributed by atoms with Crippen molar-refractivity contribution in [3.63, 3.8) is 0 Å². The Bertz CT molecular complexity index is 459. The largest absolute Gasteiger partial charge is 0.481 e. The lowest BCUT2D eigenvalue weighted by Crippen LogP contribution is -2.33. The third-order valence-corrected chi connectivity index (χ3v) is 3.91. The molecule has 0 saturated carbocycles. The van der Waals surface area contributed by atoms with Crippen molar-refractivity contribution in [1.82, 2.24) is 0 Å². The van der Waals surface area contributed by atoms with Crippen molar-refractivity contribution in [1.29, 1.82) is 0 Å². The van der Waals surface area contributed by atoms with Crippen LogP contribution in [0, 0.1) is 11.8 Å². The molecule has 0 fully saturated rings. The molecule has 0 spiro atoms. The molecule has 1 aliphatic rings. The van der Waals surface area contributed by atoms with E-state index in [1.807, 2.05) is 18.2 Å². The number of hydrogen-bond acceptors (Lipinski definition) is 2. The number of halogens is 1. The molecule has 2 atom stereocenters. The number of carboxylic acid groups (broad SMARTS) is 1. The number of fused-ring (bicyclic) bond motifs is 1. The van der Waals surface area contributed by atoms with Gasteiger partial charge in [0.1, 0.15) is 0 Å². The van der Waals surface area contributed by atoms with Crippen LogP contribution in [0.1, 0.15) is 31.7 Å². The molecule has 2 N–H and O–H groups in total. The lowest BCUT2D eigenvalue weighted by molar-refractivity contribution is -0.140. The number of benzene rings is 1. The molecule has 1 aromatic rings. The molecular weight excluding hydrogens is 294 g/mol. The first-order valence-corrected chi connectivity index (χ1v) is 7.04. The summed E-state index contributed by atoms with van der Waals surface area (Å²) in [5.74, 6) is -0.459. The van der Waals surface area contributed by atoms with Gasteiger partial charge >= 0.3 is 5.97 Å². The molecule has 0 radical (unpaired) electrons. The van der Waals surface area contributed by atoms with Gasteiger partial charge in [0, 0.05) is 16.7 Å². The van der Waals surface area contributed by atoms with Gasteiger partial charge in [0.15, 0.2) is 0 Å². The Hall–Kier alpha value is -1.03. The maximum Gasteiger partial charge on any atom is 0.311 e. The molecule has 0 aliphatic carbocycles. The number of hydrogen-bond donors (Lipinski definition) is 2. The summed E-state index contributed by atoms with van der Waals surface area (Å²) in [7, 11) is 0. The van der Waals surface area contributed by atoms with Gasteiger partial charge in [0.05, 0.1) is 5.92 Å². The van der Waals surface area contributed by atoms with Crippen molar-refractivity contribution in [2.45, 2.75) is 26.2 Å². The van der Waals surface area contributed by atoms with Crippen LogP contribution >= 0.6 is 15.9 Å². The summed E-state index contributed by atoms with van der Waals surface area (Å²) >= 11 is 3.42. The van der Waals surface area contributed by atoms with Gasteiger partial charge in [0.25, 0.3) is 0 Å². The summed E-state index contributed by atoms with van der Waals surface area (Å²) < 4.78 is 0.930. The van der Waals surface area contributed by atoms with Gasteiger partial charge in [-0.25, -0.2) is 0 Å². The van der Waals surface area contributed by atoms with Gasteiger partial charge in [-0.1, -0.05) is 29.8 Å². The molecule has 2 rings (SSSR count). The van der Waals surface area contributed by atoms with E-state index in [-0.39, 0.29) is 5.92 Å². The van der Waals surface area contributed by atoms with Gasteiger partial charge in [-0.15, -0.1) is 0 Å². The number of anilines is 1. The van der Waals surface area contributed by atoms with Crippen LogP contribution in [0.15, 0.2) is 22.7 Å². The molecule has 1 heterocycles. The molecule has 3 nitrogen and oxygen atoms in total. The Morgan fingerprint density at radius 3 is 2.89 bits per heavy atom. The lowest BCUT2D eigenvalue weighted by atomic mass is 9.78. The van der Waals surface area contributed by atoms with E-state index in [2.05, 4.69) is 35.1 Å². The molecule has 0 aromatic heterocycles. The average Bonchev–Trinajstić information content (AvgIpc) is 2.26. The number of rotatable bonds is 3. The minimum Gasteiger partial charge on any atom is -0.481 e. The first-order chi connectivity index (χ1) is 8.49. The standard InChI is InChI=1S/C14H18BrNO2/c1-8(2)5-9-7-16-12-4-3-10(15)6-11(12)13(9)14(17)18/h3-4,6,8-9,13,16H,5,7H2,1-2H3,(H,17,18). The topological polar surface area (TPSA) is 49.3 Å². The number of nitrogens with one attached hydrogen (secondary N) is 1. The maximum absolute atomic E-state index is 11.6. The second-order valence-electron chi connectivity index (χ2n) is 5.32. The minimum absolute atomic E-state index is 0.157. The number of aliphatic carboxylic acids is 1. The highest BCUT2D eigenvalue weighted by molar-refractivity contribution is 9.10. The second kappa shape index (κ2) is 5.31. The quantitative estimate of drug-likeness (QED) is 0.894. The van der Waals surface area contributed by atoms with Crippen molar-refractivity contribution < 1.29 is 9.90 Å². The van der Waals surface area contributed by atoms with Crippen molar-refractivity contribution in [2.75, 3.05) is 11.9 Å². The summed E-state index contributed by atoms with van der Waals surface area (Å²) in [6.45, 7) is 5.01. The third kappa shape index (κ3) is 2.69. The minimum atomic E-state index is -0.721. The molecule has 0 amide bonds. The Labute approximate surface area is 116 Å². The molecular formula is C14H18BrNO2. The van der Waals surface area contributed by atoms with Crippen molar-refractivity contribution in [2.24, 2.45) is 11.8 Å². The van der Waals surface area contributed by atoms with E-state index in [4.69, 9.17) is 0 Å². The molecule has 2 unspecified atom stereocenters. The second-order valence-corrected chi connectivity index (χ2v) is 6.23. The van der Waals surface area contributed by atoms with Gasteiger partial charge in [-0.05, 0) is 42.0 Å². The van der Waals surface area contributed by atoms with Crippen LogP contribution in [-0.2, 0) is 4.79 Å². The normalized spacial score (nSPS) is 22.4. The van der Waals surface area contributed by atoms with E-state index in [1.165, 1.54) is 0 Å². The summed E-state index contributed by atoms with van der Waals surface area (Å²) in [6.07, 6.45) is 0.927. The van der Waals surface area contributed by atoms with Crippen molar-refractivity contribution >= 4 is 27.6 Å². The van der Waals surface area contributed by atoms with E-state index in [1.54, 1.807) is 0 Å². The fourth-order valence-electron chi connectivity index (χ4n) is 2.72. The van der Waals surface area contributed by atoms with Crippen LogP contribution in [0.3, 0.4) is 0 Å². The van der Waals surface area contributed by atoms with E-state index in [0.717, 1.165) is 28.7 Å². The maximum atomic E-state index is 11.6. The zero-order chi connectivity index (χ0) is 13.3. The molecule has 1 aliphatic heterocycles. The predicted molar refractivity (Wildman–Crippen MR) is 76.0 cm³/mol. The Kier molecular flexibility index (Phi) is 3.95. The fourth-order valence-corrected chi connectivity index (χ4v) is 3.10. The summed E-state index contributed by atoms with van der Waals surface area (Å²) in [6, 6.07) is 5.81. The highest BCUT2D eigenvalue weighted by Gasteiger charge is 2.35. The van der Waals surface area contributed by atoms with E-state index in [9.17, 15) is 9.90 Å². The number of carbonyl (C=O) groups is 1. The third-order valence-electron chi connectivity index (χ3n) is 3.41. The molecule has 18 heavy (non-hydrogen) atoms. The van der Waals surface area contributed by atoms with E-state index in [0.29, 0.717) is 5.92 Å². The van der Waals surface area contributed by atoms with Gasteiger partial charge < -0.3 is 10.4 Å². The predicted octanol–water partition coefficient (Wildman–Crippen LogP) is 3.71. The van der Waals surface area contributed by atoms with Crippen LogP contribution < -0.4 is 5.32 Å². The highest BCUT2D eigenvalue weighted by atomic mass is 79.9. The fraction of sp³-hybridized carbons (Fsp3) is 0.500. The molecule has 4 heteroatoms.